The average Bonchev–Trinajstić information content (AvgIpc) is 2.79. The first kappa shape index (κ1) is 15.8. The number of aliphatic hydroxyl groups is 1. The highest BCUT2D eigenvalue weighted by Crippen LogP contribution is 2.43. The van der Waals surface area contributed by atoms with Crippen molar-refractivity contribution in [1.29, 1.82) is 0 Å². The number of alkyl halides is 3. The van der Waals surface area contributed by atoms with Gasteiger partial charge in [-0.25, -0.2) is 0 Å². The molecule has 1 N–H and O–H groups in total. The molecule has 2 rings (SSSR count). The summed E-state index contributed by atoms with van der Waals surface area (Å²) in [4.78, 5) is -0.439. The molecule has 1 aliphatic heterocycles. The van der Waals surface area contributed by atoms with Crippen molar-refractivity contribution < 1.29 is 26.7 Å². The average molecular weight is 326 g/mol. The van der Waals surface area contributed by atoms with Crippen LogP contribution in [0, 0.1) is 6.92 Å². The molecular weight excluding hydrogens is 313 g/mol. The van der Waals surface area contributed by atoms with Crippen molar-refractivity contribution in [3.63, 3.8) is 0 Å². The lowest BCUT2D eigenvalue weighted by Crippen LogP contribution is -2.56. The van der Waals surface area contributed by atoms with E-state index in [1.165, 1.54) is 20.9 Å². The number of hydrazone groups is 1. The first-order valence-corrected chi connectivity index (χ1v) is 7.22. The standard InChI is InChI=1S/C10H13F3N4O3S/c1-6-4-9(18,10(11,12)13)17(14-6)21(19,20)8-5-16(3)15-7(8)2/h5,18H,4H2,1-3H3/t9-/m0/s1. The molecule has 1 aromatic rings. The molecule has 0 radical (unpaired) electrons. The molecule has 0 bridgehead atoms. The van der Waals surface area contributed by atoms with E-state index >= 15 is 0 Å². The van der Waals surface area contributed by atoms with Crippen molar-refractivity contribution >= 4 is 15.7 Å². The molecule has 11 heteroatoms. The van der Waals surface area contributed by atoms with Crippen LogP contribution in [0.3, 0.4) is 0 Å². The second-order valence-corrected chi connectivity index (χ2v) is 6.56. The summed E-state index contributed by atoms with van der Waals surface area (Å²) in [5.41, 5.74) is -3.71. The fourth-order valence-electron chi connectivity index (χ4n) is 2.08. The number of hydrogen-bond donors (Lipinski definition) is 1. The van der Waals surface area contributed by atoms with Gasteiger partial charge in [0.1, 0.15) is 4.90 Å². The maximum atomic E-state index is 13.1. The van der Waals surface area contributed by atoms with E-state index in [9.17, 15) is 26.7 Å². The second kappa shape index (κ2) is 4.44. The summed E-state index contributed by atoms with van der Waals surface area (Å²) in [6, 6.07) is 0. The molecule has 0 aromatic carbocycles. The van der Waals surface area contributed by atoms with Crippen LogP contribution in [-0.4, -0.2) is 45.3 Å². The minimum absolute atomic E-state index is 0.0155. The Balaban J connectivity index is 2.60. The van der Waals surface area contributed by atoms with Crippen LogP contribution in [0.5, 0.6) is 0 Å². The van der Waals surface area contributed by atoms with E-state index in [-0.39, 0.29) is 15.8 Å². The van der Waals surface area contributed by atoms with Gasteiger partial charge in [-0.05, 0) is 13.8 Å². The number of aromatic nitrogens is 2. The summed E-state index contributed by atoms with van der Waals surface area (Å²) in [5.74, 6) is 0. The molecule has 0 unspecified atom stereocenters. The summed E-state index contributed by atoms with van der Waals surface area (Å²) in [7, 11) is -3.25. The van der Waals surface area contributed by atoms with Crippen molar-refractivity contribution in [1.82, 2.24) is 14.2 Å². The number of hydrogen-bond acceptors (Lipinski definition) is 5. The molecule has 1 atom stereocenters. The third-order valence-corrected chi connectivity index (χ3v) is 4.80. The zero-order chi connectivity index (χ0) is 16.2. The van der Waals surface area contributed by atoms with Gasteiger partial charge in [0, 0.05) is 25.4 Å². The van der Waals surface area contributed by atoms with Crippen LogP contribution in [0.1, 0.15) is 19.0 Å². The van der Waals surface area contributed by atoms with Crippen molar-refractivity contribution in [3.8, 4) is 0 Å². The molecule has 1 aromatic heterocycles. The summed E-state index contributed by atoms with van der Waals surface area (Å²) in [5, 5.41) is 17.0. The van der Waals surface area contributed by atoms with Crippen molar-refractivity contribution in [2.75, 3.05) is 0 Å². The Morgan fingerprint density at radius 2 is 1.95 bits per heavy atom. The number of halogens is 3. The van der Waals surface area contributed by atoms with Gasteiger partial charge in [-0.3, -0.25) is 4.68 Å². The number of aryl methyl sites for hydroxylation is 2. The molecule has 1 aliphatic rings. The van der Waals surface area contributed by atoms with E-state index in [1.54, 1.807) is 0 Å². The summed E-state index contributed by atoms with van der Waals surface area (Å²) < 4.78 is 64.8. The Morgan fingerprint density at radius 1 is 1.38 bits per heavy atom. The molecular formula is C10H13F3N4O3S. The van der Waals surface area contributed by atoms with Crippen LogP contribution in [0.2, 0.25) is 0 Å². The first-order chi connectivity index (χ1) is 9.39. The largest absolute Gasteiger partial charge is 0.439 e. The summed E-state index contributed by atoms with van der Waals surface area (Å²) in [6.45, 7) is 2.55. The highest BCUT2D eigenvalue weighted by atomic mass is 32.2. The predicted molar refractivity (Wildman–Crippen MR) is 65.7 cm³/mol. The smallest absolute Gasteiger partial charge is 0.361 e. The van der Waals surface area contributed by atoms with Crippen LogP contribution >= 0.6 is 0 Å². The lowest BCUT2D eigenvalue weighted by Gasteiger charge is -2.32. The minimum atomic E-state index is -5.18. The summed E-state index contributed by atoms with van der Waals surface area (Å²) in [6.07, 6.45) is -5.06. The van der Waals surface area contributed by atoms with Crippen molar-refractivity contribution in [3.05, 3.63) is 11.9 Å². The number of rotatable bonds is 2. The number of sulfonamides is 1. The maximum Gasteiger partial charge on any atom is 0.439 e. The Kier molecular flexibility index (Phi) is 3.33. The molecule has 0 saturated carbocycles. The topological polar surface area (TPSA) is 87.8 Å². The van der Waals surface area contributed by atoms with Gasteiger partial charge in [-0.15, -0.1) is 4.41 Å². The molecule has 0 aliphatic carbocycles. The van der Waals surface area contributed by atoms with Crippen LogP contribution in [0.4, 0.5) is 13.2 Å². The van der Waals surface area contributed by atoms with Crippen LogP contribution in [0.25, 0.3) is 0 Å². The van der Waals surface area contributed by atoms with Gasteiger partial charge in [0.25, 0.3) is 15.7 Å². The molecule has 0 saturated heterocycles. The Labute approximate surface area is 118 Å². The fraction of sp³-hybridized carbons (Fsp3) is 0.600. The normalized spacial score (nSPS) is 23.6. The van der Waals surface area contributed by atoms with E-state index in [0.717, 1.165) is 10.9 Å². The second-order valence-electron chi connectivity index (χ2n) is 4.83. The highest BCUT2D eigenvalue weighted by molar-refractivity contribution is 7.89. The zero-order valence-corrected chi connectivity index (χ0v) is 12.2. The Morgan fingerprint density at radius 3 is 2.38 bits per heavy atom. The van der Waals surface area contributed by atoms with E-state index in [0.29, 0.717) is 0 Å². The molecule has 118 valence electrons. The van der Waals surface area contributed by atoms with Crippen LogP contribution in [0.15, 0.2) is 16.2 Å². The molecule has 2 heterocycles. The molecule has 21 heavy (non-hydrogen) atoms. The van der Waals surface area contributed by atoms with E-state index in [1.807, 2.05) is 0 Å². The highest BCUT2D eigenvalue weighted by Gasteiger charge is 2.64. The Hall–Kier alpha value is -1.62. The monoisotopic (exact) mass is 326 g/mol. The molecule has 0 fully saturated rings. The van der Waals surface area contributed by atoms with Gasteiger partial charge < -0.3 is 5.11 Å². The zero-order valence-electron chi connectivity index (χ0n) is 11.4. The molecule has 7 nitrogen and oxygen atoms in total. The predicted octanol–water partition coefficient (Wildman–Crippen LogP) is 0.750. The van der Waals surface area contributed by atoms with E-state index in [4.69, 9.17) is 0 Å². The first-order valence-electron chi connectivity index (χ1n) is 5.78. The van der Waals surface area contributed by atoms with Crippen LogP contribution in [-0.2, 0) is 17.1 Å². The minimum Gasteiger partial charge on any atom is -0.361 e. The molecule has 0 amide bonds. The van der Waals surface area contributed by atoms with Gasteiger partial charge in [-0.1, -0.05) is 0 Å². The van der Waals surface area contributed by atoms with Gasteiger partial charge in [0.2, 0.25) is 0 Å². The van der Waals surface area contributed by atoms with Crippen molar-refractivity contribution in [2.45, 2.75) is 37.1 Å². The van der Waals surface area contributed by atoms with Gasteiger partial charge in [-0.2, -0.15) is 31.8 Å². The van der Waals surface area contributed by atoms with E-state index < -0.39 is 33.2 Å². The van der Waals surface area contributed by atoms with Gasteiger partial charge in [0.15, 0.2) is 0 Å². The maximum absolute atomic E-state index is 13.1. The molecule has 0 spiro atoms. The lowest BCUT2D eigenvalue weighted by atomic mass is 10.1. The van der Waals surface area contributed by atoms with Gasteiger partial charge >= 0.3 is 6.18 Å². The quantitative estimate of drug-likeness (QED) is 0.869. The number of nitrogens with zero attached hydrogens (tertiary/aromatic N) is 4. The van der Waals surface area contributed by atoms with Gasteiger partial charge in [0.05, 0.1) is 5.69 Å². The third-order valence-electron chi connectivity index (χ3n) is 3.01. The fourth-order valence-corrected chi connectivity index (χ4v) is 3.78. The van der Waals surface area contributed by atoms with E-state index in [2.05, 4.69) is 10.2 Å². The Bertz CT molecular complexity index is 710. The SMILES string of the molecule is CC1=NN(S(=O)(=O)c2cn(C)nc2C)[C@@](O)(C(F)(F)F)C1. The lowest BCUT2D eigenvalue weighted by molar-refractivity contribution is -0.291. The van der Waals surface area contributed by atoms with Crippen LogP contribution < -0.4 is 0 Å². The van der Waals surface area contributed by atoms with Crippen molar-refractivity contribution in [2.24, 2.45) is 12.1 Å². The summed E-state index contributed by atoms with van der Waals surface area (Å²) >= 11 is 0. The third kappa shape index (κ3) is 2.29.